The first-order valence-electron chi connectivity index (χ1n) is 17.2. The molecule has 0 atom stereocenters. The van der Waals surface area contributed by atoms with Gasteiger partial charge >= 0.3 is 6.09 Å². The van der Waals surface area contributed by atoms with Crippen LogP contribution >= 0.6 is 0 Å². The summed E-state index contributed by atoms with van der Waals surface area (Å²) in [5.41, 5.74) is 1.37. The molecule has 6 rings (SSSR count). The van der Waals surface area contributed by atoms with E-state index in [1.165, 1.54) is 4.90 Å². The lowest BCUT2D eigenvalue weighted by atomic mass is 9.89. The van der Waals surface area contributed by atoms with Crippen molar-refractivity contribution in [1.29, 1.82) is 0 Å². The fourth-order valence-corrected chi connectivity index (χ4v) is 6.37. The number of carbonyl (C=O) groups is 4. The predicted octanol–water partition coefficient (Wildman–Crippen LogP) is 6.02. The molecule has 264 valence electrons. The monoisotopic (exact) mass is 681 g/mol. The average Bonchev–Trinajstić information content (AvgIpc) is 3.10. The number of nitrogens with one attached hydrogen (secondary N) is 2. The summed E-state index contributed by atoms with van der Waals surface area (Å²) in [5.74, 6) is -0.145. The van der Waals surface area contributed by atoms with Crippen LogP contribution in [0.2, 0.25) is 0 Å². The number of ether oxygens (including phenoxy) is 2. The number of imide groups is 1. The van der Waals surface area contributed by atoms with Gasteiger partial charge in [0.25, 0.3) is 17.7 Å². The van der Waals surface area contributed by atoms with Crippen molar-refractivity contribution in [1.82, 2.24) is 20.0 Å². The molecule has 2 aliphatic rings. The Kier molecular flexibility index (Phi) is 11.4. The Bertz CT molecular complexity index is 1890. The van der Waals surface area contributed by atoms with Gasteiger partial charge < -0.3 is 14.8 Å². The van der Waals surface area contributed by atoms with Crippen LogP contribution in [0.1, 0.15) is 65.7 Å². The largest absolute Gasteiger partial charge is 0.496 e. The molecule has 0 saturated carbocycles. The highest BCUT2D eigenvalue weighted by Gasteiger charge is 2.35. The summed E-state index contributed by atoms with van der Waals surface area (Å²) >= 11 is 0. The van der Waals surface area contributed by atoms with Crippen LogP contribution in [0.15, 0.2) is 66.7 Å². The molecule has 2 aliphatic heterocycles. The van der Waals surface area contributed by atoms with E-state index in [0.29, 0.717) is 59.7 Å². The number of carbonyl (C=O) groups excluding carboxylic acids is 4. The van der Waals surface area contributed by atoms with E-state index in [2.05, 4.69) is 20.4 Å². The number of benzene rings is 4. The number of rotatable bonds is 9. The van der Waals surface area contributed by atoms with Crippen molar-refractivity contribution in [3.8, 4) is 5.75 Å². The molecule has 0 bridgehead atoms. The quantitative estimate of drug-likeness (QED) is 0.163. The maximum Gasteiger partial charge on any atom is 0.412 e. The number of fused-ring (bicyclic) bond motifs is 2. The Morgan fingerprint density at radius 2 is 1.50 bits per heavy atom. The normalized spacial score (nSPS) is 15.0. The smallest absolute Gasteiger partial charge is 0.412 e. The van der Waals surface area contributed by atoms with Crippen LogP contribution in [0.4, 0.5) is 10.5 Å². The number of nitrogens with zero attached hydrogens (tertiary/aromatic N) is 3. The molecule has 4 aromatic carbocycles. The summed E-state index contributed by atoms with van der Waals surface area (Å²) in [4.78, 5) is 58.4. The van der Waals surface area contributed by atoms with E-state index in [-0.39, 0.29) is 17.7 Å². The van der Waals surface area contributed by atoms with Crippen molar-refractivity contribution in [2.24, 2.45) is 0 Å². The maximum absolute atomic E-state index is 13.9. The van der Waals surface area contributed by atoms with E-state index in [0.717, 1.165) is 42.3 Å². The Morgan fingerprint density at radius 3 is 2.20 bits per heavy atom. The zero-order valence-corrected chi connectivity index (χ0v) is 29.8. The minimum absolute atomic E-state index is 0.221. The van der Waals surface area contributed by atoms with Gasteiger partial charge in [-0.05, 0) is 67.9 Å². The zero-order chi connectivity index (χ0) is 36.0. The summed E-state index contributed by atoms with van der Waals surface area (Å²) in [6.45, 7) is 14.6. The minimum atomic E-state index is -0.621. The van der Waals surface area contributed by atoms with E-state index in [9.17, 15) is 19.2 Å². The lowest BCUT2D eigenvalue weighted by Crippen LogP contribution is -2.51. The highest BCUT2D eigenvalue weighted by atomic mass is 16.6. The number of methoxy groups -OCH3 is 1. The van der Waals surface area contributed by atoms with E-state index in [1.54, 1.807) is 64.3 Å². The molecule has 11 nitrogen and oxygen atoms in total. The molecular formula is C39H47N5O6. The molecule has 1 fully saturated rings. The number of anilines is 1. The summed E-state index contributed by atoms with van der Waals surface area (Å²) in [6.07, 6.45) is -0.578. The Morgan fingerprint density at radius 1 is 0.800 bits per heavy atom. The van der Waals surface area contributed by atoms with Gasteiger partial charge in [0.1, 0.15) is 11.4 Å². The highest BCUT2D eigenvalue weighted by Crippen LogP contribution is 2.39. The van der Waals surface area contributed by atoms with E-state index in [1.807, 2.05) is 44.2 Å². The van der Waals surface area contributed by atoms with E-state index < -0.39 is 11.7 Å². The SMILES string of the molecule is CC.COc1ccc2c3c(c4ccccc4cc13)C(=O)N(CCN1CCN(CCNC(=O)c3cccc(NC(=O)OC(C)(C)C)c3)CC1)C2=O. The van der Waals surface area contributed by atoms with Gasteiger partial charge in [-0.3, -0.25) is 34.4 Å². The molecule has 0 unspecified atom stereocenters. The van der Waals surface area contributed by atoms with Gasteiger partial charge in [0.05, 0.1) is 12.7 Å². The first-order valence-corrected chi connectivity index (χ1v) is 17.2. The lowest BCUT2D eigenvalue weighted by molar-refractivity contribution is 0.0570. The fraction of sp³-hybridized carbons (Fsp3) is 0.385. The predicted molar refractivity (Wildman–Crippen MR) is 196 cm³/mol. The van der Waals surface area contributed by atoms with Crippen LogP contribution in [-0.2, 0) is 4.74 Å². The van der Waals surface area contributed by atoms with Crippen LogP contribution in [-0.4, -0.2) is 104 Å². The van der Waals surface area contributed by atoms with Crippen LogP contribution in [0.5, 0.6) is 5.75 Å². The second-order valence-corrected chi connectivity index (χ2v) is 13.1. The van der Waals surface area contributed by atoms with Crippen molar-refractivity contribution < 1.29 is 28.7 Å². The molecule has 0 spiro atoms. The van der Waals surface area contributed by atoms with Gasteiger partial charge in [0, 0.05) is 79.9 Å². The molecular weight excluding hydrogens is 634 g/mol. The van der Waals surface area contributed by atoms with Gasteiger partial charge in [0.2, 0.25) is 0 Å². The molecule has 0 aromatic heterocycles. The van der Waals surface area contributed by atoms with Crippen LogP contribution in [0, 0.1) is 0 Å². The maximum atomic E-state index is 13.9. The topological polar surface area (TPSA) is 121 Å². The summed E-state index contributed by atoms with van der Waals surface area (Å²) < 4.78 is 10.9. The molecule has 11 heteroatoms. The molecule has 0 aliphatic carbocycles. The van der Waals surface area contributed by atoms with Gasteiger partial charge in [-0.2, -0.15) is 0 Å². The summed E-state index contributed by atoms with van der Waals surface area (Å²) in [7, 11) is 1.59. The third kappa shape index (κ3) is 8.06. The van der Waals surface area contributed by atoms with Crippen LogP contribution < -0.4 is 15.4 Å². The molecule has 2 N–H and O–H groups in total. The molecule has 4 aromatic rings. The number of hydrogen-bond acceptors (Lipinski definition) is 8. The Balaban J connectivity index is 0.00000239. The number of piperazine rings is 1. The molecule has 1 saturated heterocycles. The van der Waals surface area contributed by atoms with Crippen molar-refractivity contribution in [3.05, 3.63) is 83.4 Å². The van der Waals surface area contributed by atoms with Gasteiger partial charge in [-0.15, -0.1) is 0 Å². The minimum Gasteiger partial charge on any atom is -0.496 e. The summed E-state index contributed by atoms with van der Waals surface area (Å²) in [6, 6.07) is 20.0. The second kappa shape index (κ2) is 15.7. The van der Waals surface area contributed by atoms with Crippen LogP contribution in [0.25, 0.3) is 21.5 Å². The second-order valence-electron chi connectivity index (χ2n) is 13.1. The van der Waals surface area contributed by atoms with Crippen molar-refractivity contribution in [3.63, 3.8) is 0 Å². The molecule has 4 amide bonds. The lowest BCUT2D eigenvalue weighted by Gasteiger charge is -2.36. The van der Waals surface area contributed by atoms with E-state index >= 15 is 0 Å². The van der Waals surface area contributed by atoms with Gasteiger partial charge in [-0.1, -0.05) is 44.2 Å². The standard InChI is InChI=1S/C37H41N5O6.C2H6/c1-37(2,3)48-36(46)39-26-10-7-9-25(22-26)33(43)38-14-15-40-16-18-41(19-17-40)20-21-42-34(44)28-12-13-30(47-4)29-23-24-8-5-6-11-27(24)32(31(28)29)35(42)45;1-2/h5-13,22-23H,14-21H2,1-4H3,(H,38,43)(H,39,46);1-2H3. The third-order valence-electron chi connectivity index (χ3n) is 8.73. The first kappa shape index (κ1) is 36.3. The van der Waals surface area contributed by atoms with E-state index in [4.69, 9.17) is 9.47 Å². The van der Waals surface area contributed by atoms with Crippen molar-refractivity contribution in [2.75, 3.05) is 64.8 Å². The summed E-state index contributed by atoms with van der Waals surface area (Å²) in [5, 5.41) is 8.80. The van der Waals surface area contributed by atoms with Crippen LogP contribution in [0.3, 0.4) is 0 Å². The molecule has 2 heterocycles. The Labute approximate surface area is 293 Å². The van der Waals surface area contributed by atoms with Gasteiger partial charge in [0.15, 0.2) is 0 Å². The number of hydrogen-bond donors (Lipinski definition) is 2. The zero-order valence-electron chi connectivity index (χ0n) is 29.8. The average molecular weight is 682 g/mol. The van der Waals surface area contributed by atoms with Gasteiger partial charge in [-0.25, -0.2) is 4.79 Å². The Hall–Kier alpha value is -5.00. The van der Waals surface area contributed by atoms with Crippen molar-refractivity contribution in [2.45, 2.75) is 40.2 Å². The highest BCUT2D eigenvalue weighted by molar-refractivity contribution is 6.31. The number of amides is 4. The fourth-order valence-electron chi connectivity index (χ4n) is 6.37. The molecule has 50 heavy (non-hydrogen) atoms. The third-order valence-corrected chi connectivity index (χ3v) is 8.73. The first-order chi connectivity index (χ1) is 24.0. The van der Waals surface area contributed by atoms with Crippen molar-refractivity contribution >= 4 is 51.0 Å². The molecule has 0 radical (unpaired) electrons.